The molecule has 1 heterocycles. The summed E-state index contributed by atoms with van der Waals surface area (Å²) in [4.78, 5) is 25.7. The van der Waals surface area contributed by atoms with E-state index in [0.717, 1.165) is 4.88 Å². The number of nitrogens with two attached hydrogens (primary N) is 1. The highest BCUT2D eigenvalue weighted by atomic mass is 32.1. The predicted octanol–water partition coefficient (Wildman–Crippen LogP) is 2.51. The fourth-order valence-corrected chi connectivity index (χ4v) is 2.52. The van der Waals surface area contributed by atoms with Crippen molar-refractivity contribution in [1.82, 2.24) is 4.90 Å². The molecule has 2 rings (SSSR count). The van der Waals surface area contributed by atoms with E-state index in [1.165, 1.54) is 0 Å². The van der Waals surface area contributed by atoms with Crippen molar-refractivity contribution in [2.24, 2.45) is 5.73 Å². The molecule has 6 heteroatoms. The van der Waals surface area contributed by atoms with Gasteiger partial charge >= 0.3 is 6.03 Å². The molecule has 0 fully saturated rings. The third-order valence-electron chi connectivity index (χ3n) is 2.72. The topological polar surface area (TPSA) is 75.4 Å². The van der Waals surface area contributed by atoms with Gasteiger partial charge in [-0.3, -0.25) is 4.79 Å². The van der Waals surface area contributed by atoms with E-state index in [0.29, 0.717) is 17.8 Å². The largest absolute Gasteiger partial charge is 0.351 e. The Morgan fingerprint density at radius 1 is 1.25 bits per heavy atom. The van der Waals surface area contributed by atoms with E-state index in [4.69, 9.17) is 5.73 Å². The number of benzene rings is 1. The summed E-state index contributed by atoms with van der Waals surface area (Å²) < 4.78 is 0. The van der Waals surface area contributed by atoms with Crippen molar-refractivity contribution in [3.8, 4) is 0 Å². The van der Waals surface area contributed by atoms with Crippen LogP contribution in [0.25, 0.3) is 0 Å². The molecule has 0 aliphatic carbocycles. The van der Waals surface area contributed by atoms with Crippen LogP contribution in [0.5, 0.6) is 0 Å². The van der Waals surface area contributed by atoms with Gasteiger partial charge in [-0.15, -0.1) is 11.3 Å². The lowest BCUT2D eigenvalue weighted by molar-refractivity contribution is 0.0786. The molecule has 0 radical (unpaired) electrons. The minimum atomic E-state index is -0.626. The molecule has 20 heavy (non-hydrogen) atoms. The van der Waals surface area contributed by atoms with E-state index < -0.39 is 6.03 Å². The molecule has 0 saturated heterocycles. The summed E-state index contributed by atoms with van der Waals surface area (Å²) in [6.07, 6.45) is 0. The van der Waals surface area contributed by atoms with Crippen LogP contribution in [0.2, 0.25) is 0 Å². The average molecular weight is 289 g/mol. The Morgan fingerprint density at radius 3 is 2.50 bits per heavy atom. The van der Waals surface area contributed by atoms with Gasteiger partial charge in [0.15, 0.2) is 0 Å². The number of anilines is 1. The van der Waals surface area contributed by atoms with Gasteiger partial charge in [0.25, 0.3) is 5.91 Å². The molecule has 3 amide bonds. The minimum absolute atomic E-state index is 0.0657. The SMILES string of the molecule is CN(Cc1cccs1)C(=O)c1ccc(NC(N)=O)cc1. The second-order valence-electron chi connectivity index (χ2n) is 4.31. The van der Waals surface area contributed by atoms with Gasteiger partial charge in [-0.25, -0.2) is 4.79 Å². The highest BCUT2D eigenvalue weighted by molar-refractivity contribution is 7.09. The predicted molar refractivity (Wildman–Crippen MR) is 79.8 cm³/mol. The van der Waals surface area contributed by atoms with Gasteiger partial charge in [0, 0.05) is 23.2 Å². The summed E-state index contributed by atoms with van der Waals surface area (Å²) in [5.41, 5.74) is 6.16. The standard InChI is InChI=1S/C14H15N3O2S/c1-17(9-12-3-2-8-20-12)13(18)10-4-6-11(7-5-10)16-14(15)19/h2-8H,9H2,1H3,(H3,15,16,19). The van der Waals surface area contributed by atoms with E-state index in [2.05, 4.69) is 5.32 Å². The summed E-state index contributed by atoms with van der Waals surface area (Å²) in [6.45, 7) is 0.581. The smallest absolute Gasteiger partial charge is 0.316 e. The van der Waals surface area contributed by atoms with Crippen LogP contribution in [-0.4, -0.2) is 23.9 Å². The number of primary amides is 1. The minimum Gasteiger partial charge on any atom is -0.351 e. The van der Waals surface area contributed by atoms with E-state index >= 15 is 0 Å². The third-order valence-corrected chi connectivity index (χ3v) is 3.58. The van der Waals surface area contributed by atoms with E-state index in [1.54, 1.807) is 47.5 Å². The summed E-state index contributed by atoms with van der Waals surface area (Å²) in [6, 6.07) is 9.96. The molecule has 0 aliphatic heterocycles. The van der Waals surface area contributed by atoms with Crippen molar-refractivity contribution in [1.29, 1.82) is 0 Å². The summed E-state index contributed by atoms with van der Waals surface area (Å²) in [5, 5.41) is 4.44. The normalized spacial score (nSPS) is 10.1. The lowest BCUT2D eigenvalue weighted by atomic mass is 10.2. The molecule has 104 valence electrons. The lowest BCUT2D eigenvalue weighted by Gasteiger charge is -2.16. The van der Waals surface area contributed by atoms with Gasteiger partial charge < -0.3 is 16.0 Å². The maximum Gasteiger partial charge on any atom is 0.316 e. The Morgan fingerprint density at radius 2 is 1.95 bits per heavy atom. The molecule has 1 aromatic heterocycles. The number of carbonyl (C=O) groups excluding carboxylic acids is 2. The fraction of sp³-hybridized carbons (Fsp3) is 0.143. The number of thiophene rings is 1. The maximum absolute atomic E-state index is 12.2. The molecule has 0 spiro atoms. The van der Waals surface area contributed by atoms with Crippen molar-refractivity contribution < 1.29 is 9.59 Å². The second kappa shape index (κ2) is 6.21. The summed E-state index contributed by atoms with van der Waals surface area (Å²) in [5.74, 6) is -0.0657. The first kappa shape index (κ1) is 14.1. The van der Waals surface area contributed by atoms with Crippen molar-refractivity contribution in [3.63, 3.8) is 0 Å². The molecule has 3 N–H and O–H groups in total. The fourth-order valence-electron chi connectivity index (χ4n) is 1.77. The Hall–Kier alpha value is -2.34. The first-order chi connectivity index (χ1) is 9.56. The number of nitrogens with one attached hydrogen (secondary N) is 1. The molecular formula is C14H15N3O2S. The van der Waals surface area contributed by atoms with E-state index in [9.17, 15) is 9.59 Å². The molecule has 0 bridgehead atoms. The summed E-state index contributed by atoms with van der Waals surface area (Å²) >= 11 is 1.62. The van der Waals surface area contributed by atoms with Crippen LogP contribution in [0.4, 0.5) is 10.5 Å². The van der Waals surface area contributed by atoms with Gasteiger partial charge in [0.2, 0.25) is 0 Å². The zero-order chi connectivity index (χ0) is 14.5. The van der Waals surface area contributed by atoms with E-state index in [-0.39, 0.29) is 5.91 Å². The van der Waals surface area contributed by atoms with Crippen molar-refractivity contribution in [2.45, 2.75) is 6.54 Å². The molecular weight excluding hydrogens is 274 g/mol. The molecule has 0 unspecified atom stereocenters. The van der Waals surface area contributed by atoms with Crippen molar-refractivity contribution in [2.75, 3.05) is 12.4 Å². The number of carbonyl (C=O) groups is 2. The maximum atomic E-state index is 12.2. The zero-order valence-electron chi connectivity index (χ0n) is 11.0. The van der Waals surface area contributed by atoms with E-state index in [1.807, 2.05) is 17.5 Å². The number of amides is 3. The van der Waals surface area contributed by atoms with Crippen LogP contribution < -0.4 is 11.1 Å². The second-order valence-corrected chi connectivity index (χ2v) is 5.34. The highest BCUT2D eigenvalue weighted by Crippen LogP contribution is 2.15. The van der Waals surface area contributed by atoms with Crippen LogP contribution >= 0.6 is 11.3 Å². The van der Waals surface area contributed by atoms with Crippen LogP contribution in [0.3, 0.4) is 0 Å². The first-order valence-electron chi connectivity index (χ1n) is 6.00. The Balaban J connectivity index is 2.03. The zero-order valence-corrected chi connectivity index (χ0v) is 11.8. The number of urea groups is 1. The monoisotopic (exact) mass is 289 g/mol. The molecule has 0 saturated carbocycles. The number of hydrogen-bond acceptors (Lipinski definition) is 3. The Labute approximate surface area is 121 Å². The molecule has 2 aromatic rings. The van der Waals surface area contributed by atoms with Gasteiger partial charge in [-0.2, -0.15) is 0 Å². The first-order valence-corrected chi connectivity index (χ1v) is 6.88. The van der Waals surface area contributed by atoms with Crippen LogP contribution in [-0.2, 0) is 6.54 Å². The van der Waals surface area contributed by atoms with Gasteiger partial charge in [0.1, 0.15) is 0 Å². The van der Waals surface area contributed by atoms with Crippen molar-refractivity contribution in [3.05, 3.63) is 52.2 Å². The van der Waals surface area contributed by atoms with Gasteiger partial charge in [0.05, 0.1) is 6.54 Å². The molecule has 5 nitrogen and oxygen atoms in total. The molecule has 1 aromatic carbocycles. The van der Waals surface area contributed by atoms with Crippen molar-refractivity contribution >= 4 is 29.0 Å². The molecule has 0 aliphatic rings. The Kier molecular flexibility index (Phi) is 4.37. The number of nitrogens with zero attached hydrogens (tertiary/aromatic N) is 1. The highest BCUT2D eigenvalue weighted by Gasteiger charge is 2.12. The van der Waals surface area contributed by atoms with Crippen LogP contribution in [0.1, 0.15) is 15.2 Å². The quantitative estimate of drug-likeness (QED) is 0.907. The third kappa shape index (κ3) is 3.58. The number of rotatable bonds is 4. The van der Waals surface area contributed by atoms with Crippen LogP contribution in [0, 0.1) is 0 Å². The van der Waals surface area contributed by atoms with Gasteiger partial charge in [-0.1, -0.05) is 6.07 Å². The summed E-state index contributed by atoms with van der Waals surface area (Å²) in [7, 11) is 1.76. The lowest BCUT2D eigenvalue weighted by Crippen LogP contribution is -2.25. The number of hydrogen-bond donors (Lipinski definition) is 2. The Bertz CT molecular complexity index is 593. The van der Waals surface area contributed by atoms with Gasteiger partial charge in [-0.05, 0) is 35.7 Å². The van der Waals surface area contributed by atoms with Crippen LogP contribution in [0.15, 0.2) is 41.8 Å². The molecule has 0 atom stereocenters. The average Bonchev–Trinajstić information content (AvgIpc) is 2.91.